The second-order valence-corrected chi connectivity index (χ2v) is 9.95. The van der Waals surface area contributed by atoms with Crippen LogP contribution in [0.15, 0.2) is 36.4 Å². The Balaban J connectivity index is 1.48. The van der Waals surface area contributed by atoms with E-state index < -0.39 is 47.2 Å². The summed E-state index contributed by atoms with van der Waals surface area (Å²) in [5, 5.41) is 2.60. The molecule has 1 N–H and O–H groups in total. The average molecular weight is 533 g/mol. The minimum absolute atomic E-state index is 0.0662. The summed E-state index contributed by atoms with van der Waals surface area (Å²) in [5.74, 6) is -0.417. The molecule has 1 amide bonds. The van der Waals surface area contributed by atoms with Gasteiger partial charge in [0.05, 0.1) is 23.7 Å². The zero-order valence-corrected chi connectivity index (χ0v) is 20.1. The molecule has 1 heterocycles. The highest BCUT2D eigenvalue weighted by Crippen LogP contribution is 2.46. The summed E-state index contributed by atoms with van der Waals surface area (Å²) in [5.41, 5.74) is -3.23. The van der Waals surface area contributed by atoms with Crippen LogP contribution in [0.2, 0.25) is 0 Å². The summed E-state index contributed by atoms with van der Waals surface area (Å²) >= 11 is 0. The molecule has 37 heavy (non-hydrogen) atoms. The van der Waals surface area contributed by atoms with E-state index in [2.05, 4.69) is 5.32 Å². The first-order valence-electron chi connectivity index (χ1n) is 11.9. The van der Waals surface area contributed by atoms with Crippen LogP contribution in [0, 0.1) is 17.2 Å². The summed E-state index contributed by atoms with van der Waals surface area (Å²) in [4.78, 5) is 15.4. The fourth-order valence-electron chi connectivity index (χ4n) is 4.97. The van der Waals surface area contributed by atoms with Crippen molar-refractivity contribution in [3.63, 3.8) is 0 Å². The molecule has 0 aromatic heterocycles. The number of amides is 1. The third-order valence-electron chi connectivity index (χ3n) is 7.01. The third-order valence-corrected chi connectivity index (χ3v) is 7.01. The SMILES string of the molecule is COc1ccc(CN2CCC(CC3CC3)(C(=O)NCc3cc(C(F)(F)F)cc(C(F)(F)F)c3)C2)cc1F. The van der Waals surface area contributed by atoms with E-state index in [1.807, 2.05) is 4.90 Å². The van der Waals surface area contributed by atoms with Gasteiger partial charge in [0.15, 0.2) is 11.6 Å². The van der Waals surface area contributed by atoms with Crippen LogP contribution in [0.4, 0.5) is 30.7 Å². The molecule has 11 heteroatoms. The third kappa shape index (κ3) is 6.55. The number of rotatable bonds is 8. The molecule has 2 aromatic carbocycles. The number of methoxy groups -OCH3 is 1. The Morgan fingerprint density at radius 1 is 1.03 bits per heavy atom. The Morgan fingerprint density at radius 2 is 1.68 bits per heavy atom. The highest BCUT2D eigenvalue weighted by Gasteiger charge is 2.47. The molecule has 1 saturated heterocycles. The number of hydrogen-bond acceptors (Lipinski definition) is 3. The molecule has 1 saturated carbocycles. The Morgan fingerprint density at radius 3 is 2.22 bits per heavy atom. The first-order valence-corrected chi connectivity index (χ1v) is 11.9. The summed E-state index contributed by atoms with van der Waals surface area (Å²) in [7, 11) is 1.37. The van der Waals surface area contributed by atoms with Crippen LogP contribution in [-0.2, 0) is 30.2 Å². The van der Waals surface area contributed by atoms with Gasteiger partial charge in [0.25, 0.3) is 0 Å². The quantitative estimate of drug-likeness (QED) is 0.413. The predicted molar refractivity (Wildman–Crippen MR) is 121 cm³/mol. The molecule has 0 spiro atoms. The van der Waals surface area contributed by atoms with Crippen molar-refractivity contribution >= 4 is 5.91 Å². The van der Waals surface area contributed by atoms with E-state index in [1.165, 1.54) is 19.2 Å². The minimum Gasteiger partial charge on any atom is -0.494 e. The number of hydrogen-bond donors (Lipinski definition) is 1. The fraction of sp³-hybridized carbons (Fsp3) is 0.500. The summed E-state index contributed by atoms with van der Waals surface area (Å²) in [6.45, 7) is 0.847. The van der Waals surface area contributed by atoms with Gasteiger partial charge in [-0.2, -0.15) is 26.3 Å². The molecule has 1 aliphatic heterocycles. The highest BCUT2D eigenvalue weighted by atomic mass is 19.4. The lowest BCUT2D eigenvalue weighted by Gasteiger charge is -2.29. The van der Waals surface area contributed by atoms with Crippen molar-refractivity contribution in [1.82, 2.24) is 10.2 Å². The van der Waals surface area contributed by atoms with E-state index >= 15 is 0 Å². The van der Waals surface area contributed by atoms with Gasteiger partial charge < -0.3 is 10.1 Å². The number of alkyl halides is 6. The molecule has 1 unspecified atom stereocenters. The lowest BCUT2D eigenvalue weighted by atomic mass is 9.80. The fourth-order valence-corrected chi connectivity index (χ4v) is 4.97. The van der Waals surface area contributed by atoms with E-state index in [0.29, 0.717) is 56.1 Å². The second kappa shape index (κ2) is 10.2. The van der Waals surface area contributed by atoms with Gasteiger partial charge in [0.1, 0.15) is 0 Å². The topological polar surface area (TPSA) is 41.6 Å². The van der Waals surface area contributed by atoms with Gasteiger partial charge in [-0.3, -0.25) is 9.69 Å². The molecule has 1 atom stereocenters. The van der Waals surface area contributed by atoms with Gasteiger partial charge in [0, 0.05) is 19.6 Å². The van der Waals surface area contributed by atoms with Crippen LogP contribution in [0.5, 0.6) is 5.75 Å². The maximum absolute atomic E-state index is 14.1. The lowest BCUT2D eigenvalue weighted by molar-refractivity contribution is -0.143. The van der Waals surface area contributed by atoms with E-state index in [-0.39, 0.29) is 17.4 Å². The van der Waals surface area contributed by atoms with E-state index in [9.17, 15) is 35.5 Å². The maximum Gasteiger partial charge on any atom is 0.416 e. The second-order valence-electron chi connectivity index (χ2n) is 9.95. The van der Waals surface area contributed by atoms with E-state index in [1.54, 1.807) is 6.07 Å². The highest BCUT2D eigenvalue weighted by molar-refractivity contribution is 5.83. The van der Waals surface area contributed by atoms with Crippen LogP contribution in [-0.4, -0.2) is 31.0 Å². The van der Waals surface area contributed by atoms with Gasteiger partial charge in [-0.15, -0.1) is 0 Å². The lowest BCUT2D eigenvalue weighted by Crippen LogP contribution is -2.43. The predicted octanol–water partition coefficient (Wildman–Crippen LogP) is 6.18. The van der Waals surface area contributed by atoms with Crippen molar-refractivity contribution in [3.8, 4) is 5.75 Å². The number of nitrogens with one attached hydrogen (secondary N) is 1. The van der Waals surface area contributed by atoms with Gasteiger partial charge >= 0.3 is 12.4 Å². The van der Waals surface area contributed by atoms with Crippen LogP contribution in [0.25, 0.3) is 0 Å². The van der Waals surface area contributed by atoms with Crippen molar-refractivity contribution in [2.24, 2.45) is 11.3 Å². The van der Waals surface area contributed by atoms with Gasteiger partial charge in [0.2, 0.25) is 5.91 Å². The normalized spacial score (nSPS) is 20.8. The molecule has 1 aliphatic carbocycles. The summed E-state index contributed by atoms with van der Waals surface area (Å²) in [6, 6.07) is 5.94. The van der Waals surface area contributed by atoms with Crippen molar-refractivity contribution in [3.05, 3.63) is 64.5 Å². The molecule has 2 aromatic rings. The minimum atomic E-state index is -4.96. The number of benzene rings is 2. The largest absolute Gasteiger partial charge is 0.494 e. The Bertz CT molecular complexity index is 1110. The zero-order chi connectivity index (χ0) is 27.0. The molecular weight excluding hydrogens is 505 g/mol. The monoisotopic (exact) mass is 532 g/mol. The molecule has 4 nitrogen and oxygen atoms in total. The van der Waals surface area contributed by atoms with E-state index in [0.717, 1.165) is 12.8 Å². The van der Waals surface area contributed by atoms with Crippen molar-refractivity contribution in [2.75, 3.05) is 20.2 Å². The standard InChI is InChI=1S/C26H27F7N2O2/c1-37-22-5-4-17(10-21(22)27)14-35-7-6-24(15-35,12-16-2-3-16)23(36)34-13-18-8-19(25(28,29)30)11-20(9-18)26(31,32)33/h4-5,8-11,16H,2-3,6-7,12-15H2,1H3,(H,34,36). The van der Waals surface area contributed by atoms with Gasteiger partial charge in [-0.1, -0.05) is 18.9 Å². The van der Waals surface area contributed by atoms with Crippen molar-refractivity contribution < 1.29 is 40.3 Å². The summed E-state index contributed by atoms with van der Waals surface area (Å²) in [6.07, 6.45) is -6.89. The van der Waals surface area contributed by atoms with Gasteiger partial charge in [-0.25, -0.2) is 4.39 Å². The van der Waals surface area contributed by atoms with E-state index in [4.69, 9.17) is 4.74 Å². The first kappa shape index (κ1) is 27.2. The number of carbonyl (C=O) groups excluding carboxylic acids is 1. The van der Waals surface area contributed by atoms with Crippen LogP contribution in [0.1, 0.15) is 47.9 Å². The molecule has 2 aliphatic rings. The molecule has 202 valence electrons. The molecule has 2 fully saturated rings. The number of nitrogens with zero attached hydrogens (tertiary/aromatic N) is 1. The van der Waals surface area contributed by atoms with Crippen LogP contribution < -0.4 is 10.1 Å². The van der Waals surface area contributed by atoms with Gasteiger partial charge in [-0.05, 0) is 66.8 Å². The molecule has 0 radical (unpaired) electrons. The number of ether oxygens (including phenoxy) is 1. The maximum atomic E-state index is 14.1. The summed E-state index contributed by atoms with van der Waals surface area (Å²) < 4.78 is 98.2. The number of halogens is 7. The van der Waals surface area contributed by atoms with Crippen LogP contribution in [0.3, 0.4) is 0 Å². The number of carbonyl (C=O) groups is 1. The van der Waals surface area contributed by atoms with Crippen molar-refractivity contribution in [1.29, 1.82) is 0 Å². The zero-order valence-electron chi connectivity index (χ0n) is 20.1. The Kier molecular flexibility index (Phi) is 7.47. The number of likely N-dealkylation sites (tertiary alicyclic amines) is 1. The molecule has 4 rings (SSSR count). The Hall–Kier alpha value is -2.82. The average Bonchev–Trinajstić information content (AvgIpc) is 3.54. The first-order chi connectivity index (χ1) is 17.3. The van der Waals surface area contributed by atoms with Crippen molar-refractivity contribution in [2.45, 2.75) is 51.1 Å². The molecular formula is C26H27F7N2O2. The molecule has 0 bridgehead atoms. The van der Waals surface area contributed by atoms with Crippen LogP contribution >= 0.6 is 0 Å². The smallest absolute Gasteiger partial charge is 0.416 e. The Labute approximate surface area is 209 Å².